The van der Waals surface area contributed by atoms with Crippen molar-refractivity contribution >= 4 is 5.91 Å². The Morgan fingerprint density at radius 2 is 1.76 bits per heavy atom. The topological polar surface area (TPSA) is 58.4 Å². The maximum atomic E-state index is 12.5. The van der Waals surface area contributed by atoms with Gasteiger partial charge in [-0.1, -0.05) is 51.0 Å². The van der Waals surface area contributed by atoms with Gasteiger partial charge in [-0.25, -0.2) is 0 Å². The number of hydrogen-bond acceptors (Lipinski definition) is 3. The second kappa shape index (κ2) is 7.88. The van der Waals surface area contributed by atoms with E-state index in [0.29, 0.717) is 6.54 Å². The van der Waals surface area contributed by atoms with Crippen molar-refractivity contribution in [1.82, 2.24) is 10.2 Å². The van der Waals surface area contributed by atoms with Crippen LogP contribution < -0.4 is 11.1 Å². The normalized spacial score (nSPS) is 26.5. The van der Waals surface area contributed by atoms with E-state index in [0.717, 1.165) is 57.2 Å². The summed E-state index contributed by atoms with van der Waals surface area (Å²) in [5.74, 6) is 1.53. The van der Waals surface area contributed by atoms with Gasteiger partial charge in [-0.2, -0.15) is 0 Å². The molecule has 2 aliphatic rings. The molecule has 1 amide bonds. The van der Waals surface area contributed by atoms with Crippen molar-refractivity contribution in [2.24, 2.45) is 17.6 Å². The van der Waals surface area contributed by atoms with E-state index < -0.39 is 5.54 Å². The van der Waals surface area contributed by atoms with E-state index in [1.165, 1.54) is 17.5 Å². The molecule has 138 valence electrons. The second-order valence-corrected chi connectivity index (χ2v) is 8.45. The fraction of sp³-hybridized carbons (Fsp3) is 0.667. The number of nitrogens with two attached hydrogens (primary N) is 1. The lowest BCUT2D eigenvalue weighted by Crippen LogP contribution is -2.51. The molecule has 1 aliphatic carbocycles. The smallest absolute Gasteiger partial charge is 0.240 e. The molecule has 0 aromatic heterocycles. The first-order valence-corrected chi connectivity index (χ1v) is 9.82. The van der Waals surface area contributed by atoms with Gasteiger partial charge in [0, 0.05) is 26.2 Å². The molecule has 2 unspecified atom stereocenters. The highest BCUT2D eigenvalue weighted by atomic mass is 16.2. The zero-order valence-electron chi connectivity index (χ0n) is 15.8. The highest BCUT2D eigenvalue weighted by Crippen LogP contribution is 2.27. The fourth-order valence-corrected chi connectivity index (χ4v) is 4.63. The zero-order chi connectivity index (χ0) is 17.9. The van der Waals surface area contributed by atoms with Gasteiger partial charge in [0.1, 0.15) is 0 Å². The summed E-state index contributed by atoms with van der Waals surface area (Å²) in [4.78, 5) is 15.0. The van der Waals surface area contributed by atoms with Crippen molar-refractivity contribution in [3.8, 4) is 0 Å². The van der Waals surface area contributed by atoms with Crippen LogP contribution in [-0.2, 0) is 17.9 Å². The Morgan fingerprint density at radius 1 is 1.16 bits per heavy atom. The van der Waals surface area contributed by atoms with Gasteiger partial charge in [0.2, 0.25) is 5.91 Å². The molecule has 2 atom stereocenters. The van der Waals surface area contributed by atoms with Crippen LogP contribution in [0.4, 0.5) is 0 Å². The number of benzene rings is 1. The van der Waals surface area contributed by atoms with Gasteiger partial charge >= 0.3 is 0 Å². The maximum Gasteiger partial charge on any atom is 0.240 e. The first-order chi connectivity index (χ1) is 12.0. The summed E-state index contributed by atoms with van der Waals surface area (Å²) in [6.45, 7) is 8.56. The molecule has 25 heavy (non-hydrogen) atoms. The number of amides is 1. The van der Waals surface area contributed by atoms with Gasteiger partial charge in [0.15, 0.2) is 0 Å². The Balaban J connectivity index is 1.62. The molecule has 1 saturated carbocycles. The molecular formula is C21H33N3O. The third-order valence-corrected chi connectivity index (χ3v) is 5.84. The Hall–Kier alpha value is -1.39. The summed E-state index contributed by atoms with van der Waals surface area (Å²) < 4.78 is 0. The number of nitrogens with zero attached hydrogens (tertiary/aromatic N) is 1. The van der Waals surface area contributed by atoms with Gasteiger partial charge in [0.25, 0.3) is 0 Å². The summed E-state index contributed by atoms with van der Waals surface area (Å²) in [6, 6.07) is 8.47. The lowest BCUT2D eigenvalue weighted by Gasteiger charge is -2.35. The van der Waals surface area contributed by atoms with Crippen LogP contribution in [0.1, 0.15) is 57.1 Å². The second-order valence-electron chi connectivity index (χ2n) is 8.45. The largest absolute Gasteiger partial charge is 0.350 e. The molecule has 2 fully saturated rings. The number of carbonyl (C=O) groups is 1. The van der Waals surface area contributed by atoms with E-state index in [1.54, 1.807) is 0 Å². The minimum atomic E-state index is -0.646. The number of hydrogen-bond donors (Lipinski definition) is 2. The van der Waals surface area contributed by atoms with Crippen molar-refractivity contribution < 1.29 is 4.79 Å². The van der Waals surface area contributed by atoms with Crippen LogP contribution in [0.25, 0.3) is 0 Å². The van der Waals surface area contributed by atoms with Crippen LogP contribution in [0.5, 0.6) is 0 Å². The van der Waals surface area contributed by atoms with Gasteiger partial charge in [-0.05, 0) is 42.2 Å². The zero-order valence-corrected chi connectivity index (χ0v) is 15.8. The molecule has 3 N–H and O–H groups in total. The third kappa shape index (κ3) is 4.62. The van der Waals surface area contributed by atoms with Crippen LogP contribution in [0.15, 0.2) is 24.3 Å². The van der Waals surface area contributed by atoms with E-state index in [1.807, 2.05) is 0 Å². The number of likely N-dealkylation sites (tertiary alicyclic amines) is 1. The molecule has 4 nitrogen and oxygen atoms in total. The van der Waals surface area contributed by atoms with Crippen molar-refractivity contribution in [3.63, 3.8) is 0 Å². The summed E-state index contributed by atoms with van der Waals surface area (Å²) in [5.41, 5.74) is 8.15. The summed E-state index contributed by atoms with van der Waals surface area (Å²) in [6.07, 6.45) is 5.07. The molecule has 3 rings (SSSR count). The molecule has 1 aromatic carbocycles. The Labute approximate surface area is 152 Å². The maximum absolute atomic E-state index is 12.5. The van der Waals surface area contributed by atoms with E-state index in [4.69, 9.17) is 5.73 Å². The average Bonchev–Trinajstić information content (AvgIpc) is 3.01. The molecule has 0 spiro atoms. The highest BCUT2D eigenvalue weighted by molar-refractivity contribution is 5.86. The Kier molecular flexibility index (Phi) is 5.80. The van der Waals surface area contributed by atoms with Crippen molar-refractivity contribution in [2.75, 3.05) is 13.1 Å². The lowest BCUT2D eigenvalue weighted by atomic mass is 9.91. The fourth-order valence-electron chi connectivity index (χ4n) is 4.63. The van der Waals surface area contributed by atoms with Crippen molar-refractivity contribution in [1.29, 1.82) is 0 Å². The predicted octanol–water partition coefficient (Wildman–Crippen LogP) is 3.05. The molecule has 1 saturated heterocycles. The van der Waals surface area contributed by atoms with E-state index >= 15 is 0 Å². The van der Waals surface area contributed by atoms with E-state index in [-0.39, 0.29) is 5.91 Å². The molecule has 0 radical (unpaired) electrons. The quantitative estimate of drug-likeness (QED) is 0.864. The summed E-state index contributed by atoms with van der Waals surface area (Å²) in [7, 11) is 0. The minimum absolute atomic E-state index is 0.0139. The summed E-state index contributed by atoms with van der Waals surface area (Å²) in [5, 5.41) is 3.09. The number of piperidine rings is 1. The van der Waals surface area contributed by atoms with Gasteiger partial charge in [0.05, 0.1) is 5.54 Å². The standard InChI is InChI=1S/C21H33N3O/c1-16-11-17(2)14-24(13-16)15-19-8-4-3-7-18(19)12-23-20(25)21(22)9-5-6-10-21/h3-4,7-8,16-17H,5-6,9-15,22H2,1-2H3,(H,23,25). The Bertz CT molecular complexity index is 585. The van der Waals surface area contributed by atoms with Gasteiger partial charge in [-0.3, -0.25) is 9.69 Å². The first kappa shape index (κ1) is 18.4. The molecule has 1 aliphatic heterocycles. The van der Waals surface area contributed by atoms with Gasteiger partial charge in [-0.15, -0.1) is 0 Å². The number of nitrogens with one attached hydrogen (secondary N) is 1. The van der Waals surface area contributed by atoms with Crippen molar-refractivity contribution in [2.45, 2.75) is 64.6 Å². The Morgan fingerprint density at radius 3 is 2.40 bits per heavy atom. The lowest BCUT2D eigenvalue weighted by molar-refractivity contribution is -0.126. The average molecular weight is 344 g/mol. The molecule has 4 heteroatoms. The monoisotopic (exact) mass is 343 g/mol. The van der Waals surface area contributed by atoms with Crippen LogP contribution in [-0.4, -0.2) is 29.4 Å². The highest BCUT2D eigenvalue weighted by Gasteiger charge is 2.36. The van der Waals surface area contributed by atoms with Crippen LogP contribution in [0, 0.1) is 11.8 Å². The first-order valence-electron chi connectivity index (χ1n) is 9.82. The van der Waals surface area contributed by atoms with E-state index in [9.17, 15) is 4.79 Å². The molecule has 1 heterocycles. The van der Waals surface area contributed by atoms with Crippen LogP contribution in [0.3, 0.4) is 0 Å². The predicted molar refractivity (Wildman–Crippen MR) is 102 cm³/mol. The molecular weight excluding hydrogens is 310 g/mol. The van der Waals surface area contributed by atoms with Crippen molar-refractivity contribution in [3.05, 3.63) is 35.4 Å². The summed E-state index contributed by atoms with van der Waals surface area (Å²) >= 11 is 0. The molecule has 0 bridgehead atoms. The van der Waals surface area contributed by atoms with Crippen LogP contribution >= 0.6 is 0 Å². The van der Waals surface area contributed by atoms with E-state index in [2.05, 4.69) is 48.3 Å². The number of rotatable bonds is 5. The minimum Gasteiger partial charge on any atom is -0.350 e. The molecule has 1 aromatic rings. The van der Waals surface area contributed by atoms with Crippen LogP contribution in [0.2, 0.25) is 0 Å². The number of carbonyl (C=O) groups excluding carboxylic acids is 1. The third-order valence-electron chi connectivity index (χ3n) is 5.84. The van der Waals surface area contributed by atoms with Gasteiger partial charge < -0.3 is 11.1 Å². The SMILES string of the molecule is CC1CC(C)CN(Cc2ccccc2CNC(=O)C2(N)CCCC2)C1.